The normalized spacial score (nSPS) is 19.1. The highest BCUT2D eigenvalue weighted by Gasteiger charge is 2.27. The molecule has 1 aliphatic heterocycles. The van der Waals surface area contributed by atoms with Crippen LogP contribution in [0.25, 0.3) is 0 Å². The fourth-order valence-electron chi connectivity index (χ4n) is 2.12. The van der Waals surface area contributed by atoms with E-state index in [4.69, 9.17) is 0 Å². The molecule has 0 saturated carbocycles. The minimum atomic E-state index is -0.798. The summed E-state index contributed by atoms with van der Waals surface area (Å²) in [5.74, 6) is 0.663. The lowest BCUT2D eigenvalue weighted by atomic mass is 10.0. The van der Waals surface area contributed by atoms with Gasteiger partial charge in [-0.25, -0.2) is 0 Å². The first kappa shape index (κ1) is 12.6. The maximum absolute atomic E-state index is 12.2. The number of aliphatic hydroxyl groups excluding tert-OH is 1. The Balaban J connectivity index is 2.52. The number of hydrogen-bond acceptors (Lipinski definition) is 4. The number of rotatable bonds is 2. The average molecular weight is 246 g/mol. The highest BCUT2D eigenvalue weighted by molar-refractivity contribution is 6.06. The van der Waals surface area contributed by atoms with Gasteiger partial charge in [-0.3, -0.25) is 4.79 Å². The van der Waals surface area contributed by atoms with E-state index >= 15 is 0 Å². The lowest BCUT2D eigenvalue weighted by molar-refractivity contribution is 0.0265. The molecule has 0 saturated heterocycles. The molecule has 1 aromatic carbocycles. The minimum absolute atomic E-state index is 0.0655. The Morgan fingerprint density at radius 2 is 2.06 bits per heavy atom. The molecule has 0 fully saturated rings. The van der Waals surface area contributed by atoms with Gasteiger partial charge < -0.3 is 14.9 Å². The van der Waals surface area contributed by atoms with E-state index < -0.39 is 6.23 Å². The van der Waals surface area contributed by atoms with Crippen LogP contribution in [-0.4, -0.2) is 41.3 Å². The second kappa shape index (κ2) is 4.82. The van der Waals surface area contributed by atoms with Gasteiger partial charge in [0.15, 0.2) is 12.0 Å². The first-order valence-electron chi connectivity index (χ1n) is 6.03. The van der Waals surface area contributed by atoms with Crippen LogP contribution < -0.4 is 0 Å². The molecular weight excluding hydrogens is 228 g/mol. The number of hydrogen-bond donors (Lipinski definition) is 1. The Hall–Kier alpha value is -1.81. The van der Waals surface area contributed by atoms with Gasteiger partial charge in [-0.2, -0.15) is 0 Å². The topological polar surface area (TPSA) is 43.8 Å². The number of benzene rings is 1. The standard InChI is InChI=1S/C14H18N2O2/c1-4-15(2)13-9-12(17)10-7-5-6-8-11(10)14(18)16(13)3/h5-9,14,18H,4H2,1-3H3/t14-/m1/s1. The van der Waals surface area contributed by atoms with Crippen molar-refractivity contribution in [3.8, 4) is 0 Å². The van der Waals surface area contributed by atoms with Gasteiger partial charge in [-0.15, -0.1) is 0 Å². The van der Waals surface area contributed by atoms with Crippen LogP contribution in [0.2, 0.25) is 0 Å². The zero-order valence-electron chi connectivity index (χ0n) is 10.9. The Labute approximate surface area is 107 Å². The average Bonchev–Trinajstić information content (AvgIpc) is 2.50. The summed E-state index contributed by atoms with van der Waals surface area (Å²) in [5, 5.41) is 10.3. The van der Waals surface area contributed by atoms with Gasteiger partial charge in [0.25, 0.3) is 0 Å². The smallest absolute Gasteiger partial charge is 0.189 e. The van der Waals surface area contributed by atoms with Crippen molar-refractivity contribution >= 4 is 5.78 Å². The van der Waals surface area contributed by atoms with Crippen LogP contribution in [-0.2, 0) is 0 Å². The molecule has 0 aromatic heterocycles. The summed E-state index contributed by atoms with van der Waals surface area (Å²) in [6, 6.07) is 7.18. The molecule has 96 valence electrons. The van der Waals surface area contributed by atoms with E-state index in [0.717, 1.165) is 12.4 Å². The molecule has 18 heavy (non-hydrogen) atoms. The predicted molar refractivity (Wildman–Crippen MR) is 69.9 cm³/mol. The van der Waals surface area contributed by atoms with E-state index in [1.807, 2.05) is 31.0 Å². The first-order valence-corrected chi connectivity index (χ1v) is 6.03. The van der Waals surface area contributed by atoms with Crippen molar-refractivity contribution in [2.75, 3.05) is 20.6 Å². The summed E-state index contributed by atoms with van der Waals surface area (Å²) in [4.78, 5) is 15.8. The maximum atomic E-state index is 12.2. The van der Waals surface area contributed by atoms with Gasteiger partial charge in [0.1, 0.15) is 5.82 Å². The summed E-state index contributed by atoms with van der Waals surface area (Å²) < 4.78 is 0. The molecular formula is C14H18N2O2. The number of allylic oxidation sites excluding steroid dienone is 1. The zero-order chi connectivity index (χ0) is 13.3. The molecule has 4 nitrogen and oxygen atoms in total. The van der Waals surface area contributed by atoms with Crippen molar-refractivity contribution in [3.05, 3.63) is 47.3 Å². The number of carbonyl (C=O) groups excluding carboxylic acids is 1. The Kier molecular flexibility index (Phi) is 3.39. The summed E-state index contributed by atoms with van der Waals surface area (Å²) in [7, 11) is 3.69. The van der Waals surface area contributed by atoms with Crippen molar-refractivity contribution < 1.29 is 9.90 Å². The van der Waals surface area contributed by atoms with Crippen LogP contribution in [0.1, 0.15) is 29.1 Å². The van der Waals surface area contributed by atoms with Gasteiger partial charge in [-0.05, 0) is 6.92 Å². The number of aliphatic hydroxyl groups is 1. The predicted octanol–water partition coefficient (Wildman–Crippen LogP) is 1.60. The molecule has 0 radical (unpaired) electrons. The number of ketones is 1. The van der Waals surface area contributed by atoms with E-state index in [1.165, 1.54) is 0 Å². The minimum Gasteiger partial charge on any atom is -0.369 e. The van der Waals surface area contributed by atoms with Gasteiger partial charge in [0.2, 0.25) is 0 Å². The van der Waals surface area contributed by atoms with Crippen LogP contribution in [0.5, 0.6) is 0 Å². The van der Waals surface area contributed by atoms with Crippen molar-refractivity contribution in [3.63, 3.8) is 0 Å². The molecule has 1 heterocycles. The van der Waals surface area contributed by atoms with Crippen molar-refractivity contribution in [2.24, 2.45) is 0 Å². The van der Waals surface area contributed by atoms with Crippen molar-refractivity contribution in [2.45, 2.75) is 13.2 Å². The summed E-state index contributed by atoms with van der Waals surface area (Å²) in [5.41, 5.74) is 1.22. The molecule has 1 aliphatic rings. The molecule has 0 aliphatic carbocycles. The number of carbonyl (C=O) groups is 1. The lowest BCUT2D eigenvalue weighted by Gasteiger charge is -2.32. The fourth-order valence-corrected chi connectivity index (χ4v) is 2.12. The van der Waals surface area contributed by atoms with E-state index in [-0.39, 0.29) is 5.78 Å². The molecule has 4 heteroatoms. The summed E-state index contributed by atoms with van der Waals surface area (Å²) in [6.45, 7) is 2.77. The highest BCUT2D eigenvalue weighted by Crippen LogP contribution is 2.28. The highest BCUT2D eigenvalue weighted by atomic mass is 16.3. The van der Waals surface area contributed by atoms with Gasteiger partial charge >= 0.3 is 0 Å². The zero-order valence-corrected chi connectivity index (χ0v) is 10.9. The number of nitrogens with zero attached hydrogens (tertiary/aromatic N) is 2. The second-order valence-electron chi connectivity index (χ2n) is 4.45. The molecule has 0 amide bonds. The molecule has 0 spiro atoms. The van der Waals surface area contributed by atoms with E-state index in [0.29, 0.717) is 11.1 Å². The second-order valence-corrected chi connectivity index (χ2v) is 4.45. The van der Waals surface area contributed by atoms with E-state index in [2.05, 4.69) is 0 Å². The van der Waals surface area contributed by atoms with Crippen LogP contribution in [0.4, 0.5) is 0 Å². The van der Waals surface area contributed by atoms with Crippen molar-refractivity contribution in [1.29, 1.82) is 0 Å². The molecule has 1 atom stereocenters. The van der Waals surface area contributed by atoms with Crippen LogP contribution in [0, 0.1) is 0 Å². The van der Waals surface area contributed by atoms with Gasteiger partial charge in [-0.1, -0.05) is 24.3 Å². The third kappa shape index (κ3) is 1.99. The molecule has 0 unspecified atom stereocenters. The fraction of sp³-hybridized carbons (Fsp3) is 0.357. The summed E-state index contributed by atoms with van der Waals surface area (Å²) >= 11 is 0. The molecule has 2 rings (SSSR count). The monoisotopic (exact) mass is 246 g/mol. The molecule has 1 aromatic rings. The molecule has 0 bridgehead atoms. The lowest BCUT2D eigenvalue weighted by Crippen LogP contribution is -2.32. The van der Waals surface area contributed by atoms with Crippen LogP contribution in [0.3, 0.4) is 0 Å². The summed E-state index contributed by atoms with van der Waals surface area (Å²) in [6.07, 6.45) is 0.784. The SMILES string of the molecule is CCN(C)C1=CC(=O)c2ccccc2[C@@H](O)N1C. The number of fused-ring (bicyclic) bond motifs is 1. The Morgan fingerprint density at radius 3 is 2.72 bits per heavy atom. The largest absolute Gasteiger partial charge is 0.369 e. The van der Waals surface area contributed by atoms with E-state index in [9.17, 15) is 9.90 Å². The molecule has 1 N–H and O–H groups in total. The Morgan fingerprint density at radius 1 is 1.39 bits per heavy atom. The maximum Gasteiger partial charge on any atom is 0.189 e. The van der Waals surface area contributed by atoms with Crippen LogP contribution in [0.15, 0.2) is 36.2 Å². The third-order valence-electron chi connectivity index (χ3n) is 3.36. The van der Waals surface area contributed by atoms with Gasteiger partial charge in [0.05, 0.1) is 0 Å². The quantitative estimate of drug-likeness (QED) is 0.861. The third-order valence-corrected chi connectivity index (χ3v) is 3.36. The van der Waals surface area contributed by atoms with Crippen molar-refractivity contribution in [1.82, 2.24) is 9.80 Å². The van der Waals surface area contributed by atoms with Crippen LogP contribution >= 0.6 is 0 Å². The van der Waals surface area contributed by atoms with E-state index in [1.54, 1.807) is 30.2 Å². The van der Waals surface area contributed by atoms with Gasteiger partial charge in [0, 0.05) is 37.8 Å². The first-order chi connectivity index (χ1) is 8.56. The Bertz CT molecular complexity index is 496.